The van der Waals surface area contributed by atoms with E-state index in [4.69, 9.17) is 14.2 Å². The molecule has 6 heteroatoms. The summed E-state index contributed by atoms with van der Waals surface area (Å²) in [6, 6.07) is 0. The van der Waals surface area contributed by atoms with Crippen LogP contribution in [-0.4, -0.2) is 37.2 Å². The van der Waals surface area contributed by atoms with Gasteiger partial charge < -0.3 is 14.2 Å². The largest absolute Gasteiger partial charge is 0.462 e. The molecule has 0 N–H and O–H groups in total. The van der Waals surface area contributed by atoms with Crippen LogP contribution in [0, 0.1) is 0 Å². The summed E-state index contributed by atoms with van der Waals surface area (Å²) in [5.74, 6) is -0.919. The highest BCUT2D eigenvalue weighted by molar-refractivity contribution is 5.71. The predicted molar refractivity (Wildman–Crippen MR) is 261 cm³/mol. The molecule has 0 radical (unpaired) electrons. The number of unbranched alkanes of at least 4 members (excludes halogenated alkanes) is 31. The van der Waals surface area contributed by atoms with Gasteiger partial charge in [-0.2, -0.15) is 0 Å². The molecule has 1 unspecified atom stereocenters. The van der Waals surface area contributed by atoms with Gasteiger partial charge in [-0.15, -0.1) is 0 Å². The van der Waals surface area contributed by atoms with Crippen LogP contribution < -0.4 is 0 Å². The van der Waals surface area contributed by atoms with Crippen molar-refractivity contribution >= 4 is 17.9 Å². The number of rotatable bonds is 48. The van der Waals surface area contributed by atoms with Crippen molar-refractivity contribution in [2.45, 2.75) is 284 Å². The first-order valence-electron chi connectivity index (χ1n) is 26.5. The molecule has 0 heterocycles. The Labute approximate surface area is 378 Å². The van der Waals surface area contributed by atoms with E-state index in [0.29, 0.717) is 19.3 Å². The number of hydrogen-bond donors (Lipinski definition) is 0. The first-order chi connectivity index (χ1) is 30.0. The van der Waals surface area contributed by atoms with Gasteiger partial charge in [0, 0.05) is 19.3 Å². The third-order valence-electron chi connectivity index (χ3n) is 11.6. The molecule has 61 heavy (non-hydrogen) atoms. The van der Waals surface area contributed by atoms with E-state index in [1.54, 1.807) is 0 Å². The molecule has 356 valence electrons. The predicted octanol–water partition coefficient (Wildman–Crippen LogP) is 17.3. The van der Waals surface area contributed by atoms with Crippen LogP contribution in [0.5, 0.6) is 0 Å². The average Bonchev–Trinajstić information content (AvgIpc) is 3.26. The van der Waals surface area contributed by atoms with Crippen molar-refractivity contribution in [2.75, 3.05) is 13.2 Å². The smallest absolute Gasteiger partial charge is 0.306 e. The quantitative estimate of drug-likeness (QED) is 0.0262. The van der Waals surface area contributed by atoms with Gasteiger partial charge in [-0.1, -0.05) is 224 Å². The fourth-order valence-corrected chi connectivity index (χ4v) is 7.65. The van der Waals surface area contributed by atoms with Crippen molar-refractivity contribution in [1.29, 1.82) is 0 Å². The highest BCUT2D eigenvalue weighted by Gasteiger charge is 2.19. The Bertz CT molecular complexity index is 1030. The van der Waals surface area contributed by atoms with Gasteiger partial charge in [0.25, 0.3) is 0 Å². The summed E-state index contributed by atoms with van der Waals surface area (Å²) in [6.07, 6.45) is 58.6. The zero-order chi connectivity index (χ0) is 44.4. The van der Waals surface area contributed by atoms with Crippen LogP contribution >= 0.6 is 0 Å². The van der Waals surface area contributed by atoms with Crippen molar-refractivity contribution in [2.24, 2.45) is 0 Å². The minimum Gasteiger partial charge on any atom is -0.462 e. The van der Waals surface area contributed by atoms with Crippen molar-refractivity contribution < 1.29 is 28.6 Å². The molecule has 0 amide bonds. The van der Waals surface area contributed by atoms with E-state index in [1.807, 2.05) is 0 Å². The van der Waals surface area contributed by atoms with Crippen LogP contribution in [0.3, 0.4) is 0 Å². The van der Waals surface area contributed by atoms with Gasteiger partial charge in [0.15, 0.2) is 6.10 Å². The SMILES string of the molecule is CC/C=C\C/C=C\CCCCC(=O)OCC(COC(=O)CCCCCCCCCCCCCCCCCCCC)OC(=O)CCCCCCC/C=C\CCCCCCCCC. The van der Waals surface area contributed by atoms with Crippen LogP contribution in [0.15, 0.2) is 36.5 Å². The second-order valence-electron chi connectivity index (χ2n) is 17.8. The van der Waals surface area contributed by atoms with Gasteiger partial charge in [-0.25, -0.2) is 0 Å². The summed E-state index contributed by atoms with van der Waals surface area (Å²) < 4.78 is 16.7. The van der Waals surface area contributed by atoms with Crippen LogP contribution in [0.25, 0.3) is 0 Å². The standard InChI is InChI=1S/C55H100O6/c1-4-7-10-13-16-19-21-23-25-27-28-30-31-33-36-39-42-45-48-54(57)60-51-52(50-59-53(56)47-44-41-38-35-18-15-12-9-6-3)61-55(58)49-46-43-40-37-34-32-29-26-24-22-20-17-14-11-8-5-2/h9,12,18,26,29,35,52H,4-8,10-11,13-17,19-25,27-28,30-34,36-51H2,1-3H3/b12-9-,29-26-,35-18-. The van der Waals surface area contributed by atoms with Crippen LogP contribution in [0.4, 0.5) is 0 Å². The number of carbonyl (C=O) groups excluding carboxylic acids is 3. The third-order valence-corrected chi connectivity index (χ3v) is 11.6. The molecule has 1 atom stereocenters. The number of carbonyl (C=O) groups is 3. The van der Waals surface area contributed by atoms with E-state index in [-0.39, 0.29) is 31.1 Å². The molecule has 0 spiro atoms. The Hall–Kier alpha value is -2.37. The summed E-state index contributed by atoms with van der Waals surface area (Å²) in [7, 11) is 0. The van der Waals surface area contributed by atoms with Crippen LogP contribution in [0.2, 0.25) is 0 Å². The first-order valence-corrected chi connectivity index (χ1v) is 26.5. The molecule has 0 aliphatic rings. The zero-order valence-electron chi connectivity index (χ0n) is 40.7. The molecular formula is C55H100O6. The number of esters is 3. The normalized spacial score (nSPS) is 12.2. The Balaban J connectivity index is 4.29. The highest BCUT2D eigenvalue weighted by Crippen LogP contribution is 2.16. The summed E-state index contributed by atoms with van der Waals surface area (Å²) >= 11 is 0. The van der Waals surface area contributed by atoms with E-state index in [1.165, 1.54) is 154 Å². The Morgan fingerprint density at radius 2 is 0.639 bits per heavy atom. The van der Waals surface area contributed by atoms with Gasteiger partial charge in [0.1, 0.15) is 13.2 Å². The van der Waals surface area contributed by atoms with Gasteiger partial charge >= 0.3 is 17.9 Å². The Morgan fingerprint density at radius 1 is 0.344 bits per heavy atom. The molecule has 0 fully saturated rings. The maximum Gasteiger partial charge on any atom is 0.306 e. The van der Waals surface area contributed by atoms with Crippen LogP contribution in [-0.2, 0) is 28.6 Å². The van der Waals surface area contributed by atoms with Gasteiger partial charge in [-0.05, 0) is 70.6 Å². The van der Waals surface area contributed by atoms with Crippen molar-refractivity contribution in [3.63, 3.8) is 0 Å². The second-order valence-corrected chi connectivity index (χ2v) is 17.8. The van der Waals surface area contributed by atoms with E-state index in [2.05, 4.69) is 57.2 Å². The molecule has 6 nitrogen and oxygen atoms in total. The molecule has 0 aromatic rings. The van der Waals surface area contributed by atoms with Gasteiger partial charge in [0.2, 0.25) is 0 Å². The monoisotopic (exact) mass is 857 g/mol. The summed E-state index contributed by atoms with van der Waals surface area (Å²) in [5, 5.41) is 0. The first kappa shape index (κ1) is 58.6. The lowest BCUT2D eigenvalue weighted by Gasteiger charge is -2.18. The van der Waals surface area contributed by atoms with Crippen LogP contribution in [0.1, 0.15) is 278 Å². The summed E-state index contributed by atoms with van der Waals surface area (Å²) in [5.41, 5.74) is 0. The topological polar surface area (TPSA) is 78.9 Å². The lowest BCUT2D eigenvalue weighted by molar-refractivity contribution is -0.167. The number of ether oxygens (including phenoxy) is 3. The fourth-order valence-electron chi connectivity index (χ4n) is 7.65. The van der Waals surface area contributed by atoms with Gasteiger partial charge in [-0.3, -0.25) is 14.4 Å². The maximum absolute atomic E-state index is 12.8. The summed E-state index contributed by atoms with van der Waals surface area (Å²) in [4.78, 5) is 37.9. The van der Waals surface area contributed by atoms with E-state index in [9.17, 15) is 14.4 Å². The molecule has 0 rings (SSSR count). The molecule has 0 saturated carbocycles. The third kappa shape index (κ3) is 48.5. The van der Waals surface area contributed by atoms with Crippen molar-refractivity contribution in [1.82, 2.24) is 0 Å². The molecule has 0 aliphatic carbocycles. The van der Waals surface area contributed by atoms with E-state index in [0.717, 1.165) is 83.5 Å². The molecule has 0 aromatic heterocycles. The Morgan fingerprint density at radius 3 is 1.03 bits per heavy atom. The fraction of sp³-hybridized carbons (Fsp3) is 0.836. The lowest BCUT2D eigenvalue weighted by Crippen LogP contribution is -2.30. The number of hydrogen-bond acceptors (Lipinski definition) is 6. The molecule has 0 aliphatic heterocycles. The van der Waals surface area contributed by atoms with Gasteiger partial charge in [0.05, 0.1) is 0 Å². The lowest BCUT2D eigenvalue weighted by atomic mass is 10.0. The average molecular weight is 857 g/mol. The molecular weight excluding hydrogens is 757 g/mol. The highest BCUT2D eigenvalue weighted by atomic mass is 16.6. The second kappa shape index (κ2) is 50.3. The minimum absolute atomic E-state index is 0.0827. The Kier molecular flexibility index (Phi) is 48.3. The minimum atomic E-state index is -0.785. The zero-order valence-corrected chi connectivity index (χ0v) is 40.7. The van der Waals surface area contributed by atoms with Crippen molar-refractivity contribution in [3.05, 3.63) is 36.5 Å². The van der Waals surface area contributed by atoms with E-state index >= 15 is 0 Å². The van der Waals surface area contributed by atoms with E-state index < -0.39 is 6.10 Å². The number of allylic oxidation sites excluding steroid dienone is 6. The molecule has 0 saturated heterocycles. The molecule has 0 aromatic carbocycles. The summed E-state index contributed by atoms with van der Waals surface area (Å²) in [6.45, 7) is 6.50. The molecule has 0 bridgehead atoms. The van der Waals surface area contributed by atoms with Crippen molar-refractivity contribution in [3.8, 4) is 0 Å². The maximum atomic E-state index is 12.8.